The van der Waals surface area contributed by atoms with Crippen LogP contribution in [0.15, 0.2) is 10.5 Å². The lowest BCUT2D eigenvalue weighted by molar-refractivity contribution is -0.138. The van der Waals surface area contributed by atoms with Gasteiger partial charge in [-0.25, -0.2) is 0 Å². The van der Waals surface area contributed by atoms with Gasteiger partial charge >= 0.3 is 5.97 Å². The molecule has 2 rings (SSSR count). The van der Waals surface area contributed by atoms with Crippen molar-refractivity contribution in [3.8, 4) is 11.5 Å². The highest BCUT2D eigenvalue weighted by Gasteiger charge is 2.25. The maximum atomic E-state index is 11.0. The van der Waals surface area contributed by atoms with E-state index >= 15 is 0 Å². The third-order valence-corrected chi connectivity index (χ3v) is 4.02. The summed E-state index contributed by atoms with van der Waals surface area (Å²) in [5.41, 5.74) is 7.55. The number of aliphatic carboxylic acids is 1. The number of rotatable bonds is 4. The Hall–Kier alpha value is -1.27. The summed E-state index contributed by atoms with van der Waals surface area (Å²) in [6, 6.07) is 0.963. The van der Waals surface area contributed by atoms with Crippen LogP contribution in [0.5, 0.6) is 11.5 Å². The molecule has 0 bridgehead atoms. The average Bonchev–Trinajstić information content (AvgIpc) is 2.64. The first kappa shape index (κ1) is 16.1. The fourth-order valence-corrected chi connectivity index (χ4v) is 3.05. The topological polar surface area (TPSA) is 81.8 Å². The molecule has 1 aliphatic heterocycles. The van der Waals surface area contributed by atoms with E-state index in [1.807, 2.05) is 19.9 Å². The number of fused-ring (bicyclic) bond motifs is 1. The summed E-state index contributed by atoms with van der Waals surface area (Å²) in [5, 5.41) is 9.03. The lowest BCUT2D eigenvalue weighted by Gasteiger charge is -2.21. The second kappa shape index (κ2) is 6.66. The predicted molar refractivity (Wildman–Crippen MR) is 83.2 cm³/mol. The van der Waals surface area contributed by atoms with E-state index in [4.69, 9.17) is 20.3 Å². The number of benzene rings is 1. The van der Waals surface area contributed by atoms with Crippen LogP contribution in [0.4, 0.5) is 0 Å². The zero-order valence-corrected chi connectivity index (χ0v) is 13.8. The SMILES string of the molecule is CC(C)c1c(CC(N)C(=O)O)cc(Br)c2c1OCCCO2. The molecule has 1 aliphatic rings. The maximum absolute atomic E-state index is 11.0. The van der Waals surface area contributed by atoms with Gasteiger partial charge < -0.3 is 20.3 Å². The molecule has 0 aliphatic carbocycles. The second-order valence-electron chi connectivity index (χ2n) is 5.44. The quantitative estimate of drug-likeness (QED) is 0.865. The maximum Gasteiger partial charge on any atom is 0.320 e. The summed E-state index contributed by atoms with van der Waals surface area (Å²) >= 11 is 3.48. The molecule has 1 unspecified atom stereocenters. The van der Waals surface area contributed by atoms with Crippen LogP contribution < -0.4 is 15.2 Å². The summed E-state index contributed by atoms with van der Waals surface area (Å²) < 4.78 is 12.4. The Morgan fingerprint density at radius 1 is 1.38 bits per heavy atom. The lowest BCUT2D eigenvalue weighted by atomic mass is 9.92. The average molecular weight is 358 g/mol. The van der Waals surface area contributed by atoms with Gasteiger partial charge in [-0.2, -0.15) is 0 Å². The van der Waals surface area contributed by atoms with Gasteiger partial charge in [-0.15, -0.1) is 0 Å². The Labute approximate surface area is 132 Å². The van der Waals surface area contributed by atoms with Crippen LogP contribution in [0.3, 0.4) is 0 Å². The standard InChI is InChI=1S/C15H20BrNO4/c1-8(2)12-9(7-11(17)15(18)19)6-10(16)13-14(12)21-5-3-4-20-13/h6,8,11H,3-5,7,17H2,1-2H3,(H,18,19). The highest BCUT2D eigenvalue weighted by Crippen LogP contribution is 2.45. The smallest absolute Gasteiger partial charge is 0.320 e. The minimum Gasteiger partial charge on any atom is -0.489 e. The number of nitrogens with two attached hydrogens (primary N) is 1. The Balaban J connectivity index is 2.52. The van der Waals surface area contributed by atoms with Crippen molar-refractivity contribution in [1.82, 2.24) is 0 Å². The van der Waals surface area contributed by atoms with Gasteiger partial charge in [0.25, 0.3) is 0 Å². The summed E-state index contributed by atoms with van der Waals surface area (Å²) in [7, 11) is 0. The number of carbonyl (C=O) groups is 1. The van der Waals surface area contributed by atoms with Gasteiger partial charge in [-0.3, -0.25) is 4.79 Å². The van der Waals surface area contributed by atoms with Crippen LogP contribution >= 0.6 is 15.9 Å². The molecule has 21 heavy (non-hydrogen) atoms. The largest absolute Gasteiger partial charge is 0.489 e. The van der Waals surface area contributed by atoms with E-state index in [0.717, 1.165) is 22.0 Å². The molecular weight excluding hydrogens is 338 g/mol. The molecular formula is C15H20BrNO4. The molecule has 0 saturated carbocycles. The van der Waals surface area contributed by atoms with Gasteiger partial charge in [-0.05, 0) is 39.9 Å². The molecule has 0 spiro atoms. The van der Waals surface area contributed by atoms with Gasteiger partial charge in [-0.1, -0.05) is 13.8 Å². The molecule has 0 fully saturated rings. The first-order chi connectivity index (χ1) is 9.91. The van der Waals surface area contributed by atoms with E-state index in [-0.39, 0.29) is 12.3 Å². The molecule has 1 aromatic rings. The Kier molecular flexibility index (Phi) is 5.11. The van der Waals surface area contributed by atoms with Crippen molar-refractivity contribution in [3.63, 3.8) is 0 Å². The molecule has 0 amide bonds. The number of ether oxygens (including phenoxy) is 2. The molecule has 3 N–H and O–H groups in total. The predicted octanol–water partition coefficient (Wildman–Crippen LogP) is 2.69. The summed E-state index contributed by atoms with van der Waals surface area (Å²) in [6.07, 6.45) is 1.08. The van der Waals surface area contributed by atoms with Crippen molar-refractivity contribution in [2.45, 2.75) is 38.6 Å². The summed E-state index contributed by atoms with van der Waals surface area (Å²) in [5.74, 6) is 0.589. The number of hydrogen-bond donors (Lipinski definition) is 2. The third kappa shape index (κ3) is 3.49. The second-order valence-corrected chi connectivity index (χ2v) is 6.30. The first-order valence-corrected chi connectivity index (χ1v) is 7.80. The zero-order valence-electron chi connectivity index (χ0n) is 12.2. The minimum absolute atomic E-state index is 0.185. The highest BCUT2D eigenvalue weighted by atomic mass is 79.9. The van der Waals surface area contributed by atoms with Crippen LogP contribution in [0.25, 0.3) is 0 Å². The van der Waals surface area contributed by atoms with Crippen molar-refractivity contribution in [2.75, 3.05) is 13.2 Å². The normalized spacial score (nSPS) is 15.7. The number of carboxylic acid groups (broad SMARTS) is 1. The molecule has 1 heterocycles. The molecule has 116 valence electrons. The fraction of sp³-hybridized carbons (Fsp3) is 0.533. The van der Waals surface area contributed by atoms with Gasteiger partial charge in [0.15, 0.2) is 11.5 Å². The van der Waals surface area contributed by atoms with Crippen molar-refractivity contribution in [1.29, 1.82) is 0 Å². The Morgan fingerprint density at radius 3 is 2.57 bits per heavy atom. The fourth-order valence-electron chi connectivity index (χ4n) is 2.48. The molecule has 5 nitrogen and oxygen atoms in total. The van der Waals surface area contributed by atoms with Crippen LogP contribution in [0.1, 0.15) is 37.3 Å². The van der Waals surface area contributed by atoms with Crippen LogP contribution in [0.2, 0.25) is 0 Å². The van der Waals surface area contributed by atoms with E-state index in [9.17, 15) is 4.79 Å². The van der Waals surface area contributed by atoms with Crippen molar-refractivity contribution >= 4 is 21.9 Å². The van der Waals surface area contributed by atoms with E-state index in [1.165, 1.54) is 0 Å². The van der Waals surface area contributed by atoms with Gasteiger partial charge in [0.05, 0.1) is 17.7 Å². The Bertz CT molecular complexity index is 545. The summed E-state index contributed by atoms with van der Waals surface area (Å²) in [4.78, 5) is 11.0. The van der Waals surface area contributed by atoms with E-state index in [2.05, 4.69) is 15.9 Å². The van der Waals surface area contributed by atoms with Gasteiger partial charge in [0, 0.05) is 12.0 Å². The Morgan fingerprint density at radius 2 is 2.00 bits per heavy atom. The van der Waals surface area contributed by atoms with Crippen LogP contribution in [-0.2, 0) is 11.2 Å². The number of hydrogen-bond acceptors (Lipinski definition) is 4. The third-order valence-electron chi connectivity index (χ3n) is 3.43. The zero-order chi connectivity index (χ0) is 15.6. The molecule has 6 heteroatoms. The molecule has 0 saturated heterocycles. The van der Waals surface area contributed by atoms with E-state index in [0.29, 0.717) is 24.7 Å². The molecule has 1 atom stereocenters. The minimum atomic E-state index is -1.01. The molecule has 0 aromatic heterocycles. The number of carboxylic acids is 1. The van der Waals surface area contributed by atoms with Crippen LogP contribution in [-0.4, -0.2) is 30.3 Å². The monoisotopic (exact) mass is 357 g/mol. The van der Waals surface area contributed by atoms with Crippen molar-refractivity contribution < 1.29 is 19.4 Å². The lowest BCUT2D eigenvalue weighted by Crippen LogP contribution is -2.32. The number of halogens is 1. The van der Waals surface area contributed by atoms with Crippen molar-refractivity contribution in [2.24, 2.45) is 5.73 Å². The van der Waals surface area contributed by atoms with E-state index < -0.39 is 12.0 Å². The van der Waals surface area contributed by atoms with Gasteiger partial charge in [0.2, 0.25) is 0 Å². The van der Waals surface area contributed by atoms with Crippen molar-refractivity contribution in [3.05, 3.63) is 21.7 Å². The van der Waals surface area contributed by atoms with E-state index in [1.54, 1.807) is 0 Å². The molecule has 1 aromatic carbocycles. The van der Waals surface area contributed by atoms with Gasteiger partial charge in [0.1, 0.15) is 6.04 Å². The first-order valence-electron chi connectivity index (χ1n) is 7.01. The van der Waals surface area contributed by atoms with Crippen LogP contribution in [0, 0.1) is 0 Å². The highest BCUT2D eigenvalue weighted by molar-refractivity contribution is 9.10. The molecule has 0 radical (unpaired) electrons. The summed E-state index contributed by atoms with van der Waals surface area (Å²) in [6.45, 7) is 5.30.